The van der Waals surface area contributed by atoms with Crippen molar-refractivity contribution in [2.24, 2.45) is 0 Å². The highest BCUT2D eigenvalue weighted by Gasteiger charge is 2.09. The quantitative estimate of drug-likeness (QED) is 0.452. The van der Waals surface area contributed by atoms with Gasteiger partial charge in [-0.2, -0.15) is 13.7 Å². The summed E-state index contributed by atoms with van der Waals surface area (Å²) in [5.74, 6) is 0.0286. The van der Waals surface area contributed by atoms with Crippen LogP contribution in [0.2, 0.25) is 0 Å². The zero-order chi connectivity index (χ0) is 11.6. The van der Waals surface area contributed by atoms with E-state index in [9.17, 15) is 8.42 Å². The van der Waals surface area contributed by atoms with Crippen LogP contribution in [0.15, 0.2) is 0 Å². The Hall–Kier alpha value is -0.600. The topological polar surface area (TPSA) is 67.2 Å². The summed E-state index contributed by atoms with van der Waals surface area (Å²) in [4.78, 5) is 0. The Balaban J connectivity index is 3.46. The molecule has 0 atom stereocenters. The minimum Gasteiger partial charge on any atom is -0.255 e. The fourth-order valence-corrected chi connectivity index (χ4v) is 2.14. The number of hydrogen-bond acceptors (Lipinski definition) is 4. The molecule has 0 unspecified atom stereocenters. The van der Waals surface area contributed by atoms with Crippen molar-refractivity contribution >= 4 is 10.1 Å². The summed E-state index contributed by atoms with van der Waals surface area (Å²) in [7, 11) is -3.46. The van der Waals surface area contributed by atoms with Gasteiger partial charge in [-0.25, -0.2) is 0 Å². The SMILES string of the molecule is CCCCCCCCS(=O)(=O)OCC#N. The van der Waals surface area contributed by atoms with Crippen molar-refractivity contribution in [3.05, 3.63) is 0 Å². The van der Waals surface area contributed by atoms with Crippen molar-refractivity contribution in [1.29, 1.82) is 5.26 Å². The Morgan fingerprint density at radius 3 is 2.33 bits per heavy atom. The summed E-state index contributed by atoms with van der Waals surface area (Å²) in [5, 5.41) is 8.16. The first-order valence-electron chi connectivity index (χ1n) is 5.36. The Bertz CT molecular complexity index is 280. The summed E-state index contributed by atoms with van der Waals surface area (Å²) < 4.78 is 26.6. The molecule has 0 aromatic carbocycles. The van der Waals surface area contributed by atoms with Crippen LogP contribution in [0.5, 0.6) is 0 Å². The standard InChI is InChI=1S/C10H19NO3S/c1-2-3-4-5-6-7-10-15(12,13)14-9-8-11/h2-7,9-10H2,1H3. The minimum atomic E-state index is -3.46. The van der Waals surface area contributed by atoms with Gasteiger partial charge in [-0.3, -0.25) is 4.18 Å². The lowest BCUT2D eigenvalue weighted by atomic mass is 10.1. The second kappa shape index (κ2) is 8.69. The van der Waals surface area contributed by atoms with Gasteiger partial charge in [0, 0.05) is 0 Å². The van der Waals surface area contributed by atoms with Crippen LogP contribution in [0.25, 0.3) is 0 Å². The third-order valence-corrected chi connectivity index (χ3v) is 3.32. The zero-order valence-corrected chi connectivity index (χ0v) is 10.1. The molecule has 0 aliphatic heterocycles. The van der Waals surface area contributed by atoms with E-state index in [1.807, 2.05) is 0 Å². The second-order valence-electron chi connectivity index (χ2n) is 3.45. The van der Waals surface area contributed by atoms with E-state index < -0.39 is 10.1 Å². The first-order chi connectivity index (χ1) is 7.12. The average Bonchev–Trinajstić information content (AvgIpc) is 2.20. The smallest absolute Gasteiger partial charge is 0.255 e. The van der Waals surface area contributed by atoms with Crippen LogP contribution in [0.1, 0.15) is 45.4 Å². The summed E-state index contributed by atoms with van der Waals surface area (Å²) in [6.07, 6.45) is 6.16. The lowest BCUT2D eigenvalue weighted by molar-refractivity contribution is 0.360. The summed E-state index contributed by atoms with van der Waals surface area (Å²) in [6.45, 7) is 1.76. The minimum absolute atomic E-state index is 0.0286. The fourth-order valence-electron chi connectivity index (χ4n) is 1.23. The highest BCUT2D eigenvalue weighted by molar-refractivity contribution is 7.86. The van der Waals surface area contributed by atoms with Gasteiger partial charge >= 0.3 is 0 Å². The van der Waals surface area contributed by atoms with E-state index in [-0.39, 0.29) is 12.4 Å². The summed E-state index contributed by atoms with van der Waals surface area (Å²) in [5.41, 5.74) is 0. The van der Waals surface area contributed by atoms with Gasteiger partial charge in [0.05, 0.1) is 11.8 Å². The van der Waals surface area contributed by atoms with Gasteiger partial charge in [0.1, 0.15) is 0 Å². The molecule has 0 radical (unpaired) electrons. The first-order valence-corrected chi connectivity index (χ1v) is 6.94. The van der Waals surface area contributed by atoms with Crippen LogP contribution in [0.3, 0.4) is 0 Å². The van der Waals surface area contributed by atoms with E-state index in [1.165, 1.54) is 12.8 Å². The Labute approximate surface area is 92.4 Å². The lowest BCUT2D eigenvalue weighted by Gasteiger charge is -2.02. The Kier molecular flexibility index (Phi) is 8.34. The molecule has 0 N–H and O–H groups in total. The first kappa shape index (κ1) is 14.4. The van der Waals surface area contributed by atoms with Gasteiger partial charge in [0.2, 0.25) is 0 Å². The van der Waals surface area contributed by atoms with Crippen molar-refractivity contribution in [2.45, 2.75) is 45.4 Å². The highest BCUT2D eigenvalue weighted by atomic mass is 32.2. The van der Waals surface area contributed by atoms with Crippen LogP contribution in [0.4, 0.5) is 0 Å². The molecule has 0 saturated heterocycles. The van der Waals surface area contributed by atoms with Crippen LogP contribution in [-0.4, -0.2) is 20.8 Å². The van der Waals surface area contributed by atoms with Crippen LogP contribution >= 0.6 is 0 Å². The normalized spacial score (nSPS) is 11.2. The van der Waals surface area contributed by atoms with Gasteiger partial charge in [-0.05, 0) is 6.42 Å². The largest absolute Gasteiger partial charge is 0.268 e. The number of nitriles is 1. The molecular weight excluding hydrogens is 214 g/mol. The molecule has 15 heavy (non-hydrogen) atoms. The van der Waals surface area contributed by atoms with E-state index in [2.05, 4.69) is 11.1 Å². The molecule has 0 fully saturated rings. The average molecular weight is 233 g/mol. The van der Waals surface area contributed by atoms with Crippen molar-refractivity contribution in [3.8, 4) is 6.07 Å². The molecule has 0 aliphatic rings. The lowest BCUT2D eigenvalue weighted by Crippen LogP contribution is -2.10. The fraction of sp³-hybridized carbons (Fsp3) is 0.900. The third-order valence-electron chi connectivity index (χ3n) is 2.05. The molecule has 88 valence electrons. The summed E-state index contributed by atoms with van der Waals surface area (Å²) >= 11 is 0. The Morgan fingerprint density at radius 2 is 1.73 bits per heavy atom. The molecule has 4 nitrogen and oxygen atoms in total. The van der Waals surface area contributed by atoms with Crippen LogP contribution < -0.4 is 0 Å². The number of nitrogens with zero attached hydrogens (tertiary/aromatic N) is 1. The molecular formula is C10H19NO3S. The highest BCUT2D eigenvalue weighted by Crippen LogP contribution is 2.07. The van der Waals surface area contributed by atoms with E-state index in [1.54, 1.807) is 6.07 Å². The van der Waals surface area contributed by atoms with Crippen molar-refractivity contribution in [1.82, 2.24) is 0 Å². The molecule has 0 aliphatic carbocycles. The van der Waals surface area contributed by atoms with Gasteiger partial charge < -0.3 is 0 Å². The van der Waals surface area contributed by atoms with Gasteiger partial charge in [0.15, 0.2) is 6.61 Å². The maximum atomic E-state index is 11.1. The van der Waals surface area contributed by atoms with Gasteiger partial charge in [-0.1, -0.05) is 39.0 Å². The van der Waals surface area contributed by atoms with Crippen LogP contribution in [0, 0.1) is 11.3 Å². The predicted octanol–water partition coefficient (Wildman–Crippen LogP) is 2.22. The number of hydrogen-bond donors (Lipinski definition) is 0. The maximum absolute atomic E-state index is 11.1. The van der Waals surface area contributed by atoms with E-state index in [0.717, 1.165) is 19.3 Å². The third kappa shape index (κ3) is 9.70. The molecule has 5 heteroatoms. The molecule has 0 aromatic rings. The van der Waals surface area contributed by atoms with E-state index in [0.29, 0.717) is 6.42 Å². The van der Waals surface area contributed by atoms with Crippen molar-refractivity contribution in [2.75, 3.05) is 12.4 Å². The van der Waals surface area contributed by atoms with Crippen molar-refractivity contribution in [3.63, 3.8) is 0 Å². The van der Waals surface area contributed by atoms with Gasteiger partial charge in [-0.15, -0.1) is 0 Å². The number of rotatable bonds is 9. The maximum Gasteiger partial charge on any atom is 0.268 e. The molecule has 0 aromatic heterocycles. The Morgan fingerprint density at radius 1 is 1.13 bits per heavy atom. The summed E-state index contributed by atoms with van der Waals surface area (Å²) in [6, 6.07) is 1.64. The van der Waals surface area contributed by atoms with E-state index >= 15 is 0 Å². The second-order valence-corrected chi connectivity index (χ2v) is 5.21. The molecule has 0 saturated carbocycles. The predicted molar refractivity (Wildman–Crippen MR) is 58.7 cm³/mol. The van der Waals surface area contributed by atoms with E-state index in [4.69, 9.17) is 5.26 Å². The zero-order valence-electron chi connectivity index (χ0n) is 9.24. The molecule has 0 bridgehead atoms. The molecule has 0 amide bonds. The van der Waals surface area contributed by atoms with Crippen LogP contribution in [-0.2, 0) is 14.3 Å². The number of unbranched alkanes of at least 4 members (excludes halogenated alkanes) is 5. The van der Waals surface area contributed by atoms with Gasteiger partial charge in [0.25, 0.3) is 10.1 Å². The molecule has 0 spiro atoms. The van der Waals surface area contributed by atoms with Crippen molar-refractivity contribution < 1.29 is 12.6 Å². The monoisotopic (exact) mass is 233 g/mol. The molecule has 0 heterocycles. The molecule has 0 rings (SSSR count).